The molecule has 0 saturated heterocycles. The Morgan fingerprint density at radius 3 is 2.00 bits per heavy atom. The van der Waals surface area contributed by atoms with E-state index in [-0.39, 0.29) is 0 Å². The van der Waals surface area contributed by atoms with Crippen LogP contribution < -0.4 is 10.2 Å². The Morgan fingerprint density at radius 1 is 0.769 bits per heavy atom. The van der Waals surface area contributed by atoms with Gasteiger partial charge in [-0.15, -0.1) is 0 Å². The normalized spacial score (nSPS) is 15.5. The van der Waals surface area contributed by atoms with Gasteiger partial charge >= 0.3 is 12.4 Å². The Labute approximate surface area is 239 Å². The molecule has 210 valence electrons. The number of rotatable bonds is 3. The quantitative estimate of drug-likeness (QED) is 0.273. The van der Waals surface area contributed by atoms with Gasteiger partial charge in [0.15, 0.2) is 0 Å². The van der Waals surface area contributed by atoms with Crippen LogP contribution in [0.4, 0.5) is 37.7 Å². The van der Waals surface area contributed by atoms with E-state index in [9.17, 15) is 31.4 Å². The average Bonchev–Trinajstić information content (AvgIpc) is 2.87. The van der Waals surface area contributed by atoms with Crippen molar-refractivity contribution in [1.82, 2.24) is 0 Å². The van der Waals surface area contributed by atoms with Gasteiger partial charge in [0.2, 0.25) is 0 Å². The molecule has 39 heavy (non-hydrogen) atoms. The lowest BCUT2D eigenvalue weighted by atomic mass is 9.91. The van der Waals surface area contributed by atoms with Gasteiger partial charge in [0, 0.05) is 45.5 Å². The van der Waals surface area contributed by atoms with Crippen LogP contribution in [0.1, 0.15) is 35.1 Å². The lowest BCUT2D eigenvalue weighted by molar-refractivity contribution is -0.376. The number of aryl methyl sites for hydroxylation is 2. The fraction of sp³-hybridized carbons (Fsp3) is 0.357. The predicted molar refractivity (Wildman–Crippen MR) is 147 cm³/mol. The Bertz CT molecular complexity index is 1280. The molecule has 2 heterocycles. The topological polar surface area (TPSA) is 35.5 Å². The maximum Gasteiger partial charge on any atom is 0.430 e. The van der Waals surface area contributed by atoms with Crippen LogP contribution in [0.5, 0.6) is 0 Å². The highest BCUT2D eigenvalue weighted by Gasteiger charge is 2.71. The molecule has 11 heteroatoms. The second-order valence-electron chi connectivity index (χ2n) is 9.53. The number of hydrogen-bond acceptors (Lipinski definition) is 3. The van der Waals surface area contributed by atoms with E-state index in [4.69, 9.17) is 0 Å². The summed E-state index contributed by atoms with van der Waals surface area (Å²) in [7, 11) is 0. The highest BCUT2D eigenvalue weighted by Crippen LogP contribution is 2.50. The molecule has 0 aliphatic carbocycles. The molecule has 3 nitrogen and oxygen atoms in total. The van der Waals surface area contributed by atoms with Crippen molar-refractivity contribution in [3.8, 4) is 0 Å². The summed E-state index contributed by atoms with van der Waals surface area (Å²) in [4.78, 5) is 2.03. The first kappa shape index (κ1) is 29.7. The van der Waals surface area contributed by atoms with Crippen LogP contribution in [0.15, 0.2) is 69.6 Å². The number of alkyl halides is 6. The minimum Gasteiger partial charge on any atom is -0.385 e. The van der Waals surface area contributed by atoms with Crippen LogP contribution in [0, 0.1) is 0 Å². The van der Waals surface area contributed by atoms with Crippen molar-refractivity contribution >= 4 is 43.2 Å². The number of hydrogen-bond donors (Lipinski definition) is 2. The van der Waals surface area contributed by atoms with E-state index in [1.165, 1.54) is 40.7 Å². The van der Waals surface area contributed by atoms with Gasteiger partial charge < -0.3 is 15.3 Å². The van der Waals surface area contributed by atoms with Crippen LogP contribution in [-0.4, -0.2) is 30.5 Å². The van der Waals surface area contributed by atoms with Crippen LogP contribution in [0.2, 0.25) is 0 Å². The van der Waals surface area contributed by atoms with E-state index in [1.807, 2.05) is 23.1 Å². The maximum atomic E-state index is 13.0. The zero-order valence-corrected chi connectivity index (χ0v) is 23.8. The summed E-state index contributed by atoms with van der Waals surface area (Å²) in [6.45, 7) is 2.19. The molecule has 0 fully saturated rings. The lowest BCUT2D eigenvalue weighted by Gasteiger charge is -2.33. The predicted octanol–water partition coefficient (Wildman–Crippen LogP) is 8.52. The Morgan fingerprint density at radius 2 is 1.36 bits per heavy atom. The van der Waals surface area contributed by atoms with Crippen molar-refractivity contribution in [2.75, 3.05) is 23.3 Å². The first-order valence-corrected chi connectivity index (χ1v) is 13.9. The molecule has 5 rings (SSSR count). The van der Waals surface area contributed by atoms with E-state index in [2.05, 4.69) is 55.4 Å². The molecule has 3 aromatic rings. The van der Waals surface area contributed by atoms with Gasteiger partial charge in [0.1, 0.15) is 0 Å². The summed E-state index contributed by atoms with van der Waals surface area (Å²) in [5.41, 5.74) is -0.750. The van der Waals surface area contributed by atoms with Crippen molar-refractivity contribution < 1.29 is 31.4 Å². The molecule has 0 aromatic heterocycles. The standard InChI is InChI=1S/C19H16BrF6NO.C9H10BrN/c20-15-7-8-16-13(10-15)2-1-9-27(16)11-12-3-5-14(6-4-12)17(28,18(21,22)23)19(24,25)26;10-8-3-4-9-7(6-8)2-1-5-11-9/h3-8,10,28H,1-2,9,11H2;3-4,6,11H,1-2,5H2. The van der Waals surface area contributed by atoms with E-state index in [0.717, 1.165) is 41.7 Å². The molecule has 2 aliphatic rings. The second kappa shape index (κ2) is 11.7. The van der Waals surface area contributed by atoms with E-state index in [0.29, 0.717) is 24.2 Å². The Kier molecular flexibility index (Phi) is 8.92. The van der Waals surface area contributed by atoms with Crippen molar-refractivity contribution in [2.45, 2.75) is 50.2 Å². The highest BCUT2D eigenvalue weighted by molar-refractivity contribution is 9.10. The molecule has 2 aliphatic heterocycles. The summed E-state index contributed by atoms with van der Waals surface area (Å²) in [5, 5.41) is 12.8. The summed E-state index contributed by atoms with van der Waals surface area (Å²) >= 11 is 6.87. The lowest BCUT2D eigenvalue weighted by Crippen LogP contribution is -2.53. The number of halogens is 8. The van der Waals surface area contributed by atoms with E-state index < -0.39 is 23.5 Å². The fourth-order valence-corrected chi connectivity index (χ4v) is 5.63. The number of anilines is 2. The van der Waals surface area contributed by atoms with Gasteiger partial charge in [-0.05, 0) is 78.8 Å². The number of nitrogens with one attached hydrogen (secondary N) is 1. The third kappa shape index (κ3) is 6.57. The molecule has 0 radical (unpaired) electrons. The first-order valence-electron chi connectivity index (χ1n) is 12.3. The number of fused-ring (bicyclic) bond motifs is 2. The Hall–Kier alpha value is -2.24. The first-order chi connectivity index (χ1) is 18.3. The third-order valence-corrected chi connectivity index (χ3v) is 7.81. The number of benzene rings is 3. The molecular weight excluding hydrogens is 654 g/mol. The smallest absolute Gasteiger partial charge is 0.385 e. The van der Waals surface area contributed by atoms with E-state index in [1.54, 1.807) is 0 Å². The van der Waals surface area contributed by atoms with Crippen LogP contribution in [0.3, 0.4) is 0 Å². The summed E-state index contributed by atoms with van der Waals surface area (Å²) < 4.78 is 80.0. The van der Waals surface area contributed by atoms with Gasteiger partial charge in [-0.25, -0.2) is 0 Å². The largest absolute Gasteiger partial charge is 0.430 e. The van der Waals surface area contributed by atoms with Gasteiger partial charge in [-0.3, -0.25) is 0 Å². The molecule has 0 bridgehead atoms. The summed E-state index contributed by atoms with van der Waals surface area (Å²) in [6.07, 6.45) is -7.51. The van der Waals surface area contributed by atoms with Crippen molar-refractivity contribution in [1.29, 1.82) is 0 Å². The van der Waals surface area contributed by atoms with Gasteiger partial charge in [0.25, 0.3) is 5.60 Å². The molecule has 0 spiro atoms. The second-order valence-corrected chi connectivity index (χ2v) is 11.4. The monoisotopic (exact) mass is 678 g/mol. The van der Waals surface area contributed by atoms with Crippen LogP contribution in [-0.2, 0) is 25.0 Å². The minimum absolute atomic E-state index is 0.339. The summed E-state index contributed by atoms with van der Waals surface area (Å²) in [6, 6.07) is 16.0. The zero-order valence-electron chi connectivity index (χ0n) is 20.6. The number of aliphatic hydroxyl groups is 1. The molecule has 0 amide bonds. The SMILES string of the molecule is Brc1ccc2c(c1)CCCN2.OC(c1ccc(CN2CCCc3cc(Br)ccc32)cc1)(C(F)(F)F)C(F)(F)F. The van der Waals surface area contributed by atoms with Gasteiger partial charge in [-0.1, -0.05) is 56.1 Å². The van der Waals surface area contributed by atoms with Gasteiger partial charge in [-0.2, -0.15) is 26.3 Å². The van der Waals surface area contributed by atoms with Crippen molar-refractivity contribution in [3.05, 3.63) is 91.9 Å². The van der Waals surface area contributed by atoms with Crippen molar-refractivity contribution in [3.63, 3.8) is 0 Å². The van der Waals surface area contributed by atoms with Crippen LogP contribution in [0.25, 0.3) is 0 Å². The van der Waals surface area contributed by atoms with Crippen molar-refractivity contribution in [2.24, 2.45) is 0 Å². The van der Waals surface area contributed by atoms with Crippen LogP contribution >= 0.6 is 31.9 Å². The molecule has 0 unspecified atom stereocenters. The highest BCUT2D eigenvalue weighted by atomic mass is 79.9. The molecular formula is C28H26Br2F6N2O. The molecule has 0 atom stereocenters. The third-order valence-electron chi connectivity index (χ3n) is 6.83. The van der Waals surface area contributed by atoms with E-state index >= 15 is 0 Å². The zero-order chi connectivity index (χ0) is 28.4. The molecule has 3 aromatic carbocycles. The minimum atomic E-state index is -5.88. The average molecular weight is 680 g/mol. The van der Waals surface area contributed by atoms with Gasteiger partial charge in [0.05, 0.1) is 0 Å². The fourth-order valence-electron chi connectivity index (χ4n) is 4.81. The summed E-state index contributed by atoms with van der Waals surface area (Å²) in [5.74, 6) is 0. The Balaban J connectivity index is 0.000000265. The molecule has 0 saturated carbocycles. The maximum absolute atomic E-state index is 13.0. The molecule has 2 N–H and O–H groups in total. The number of nitrogens with zero attached hydrogens (tertiary/aromatic N) is 1.